The molecule has 3 nitrogen and oxygen atoms in total. The molecule has 0 aromatic carbocycles. The van der Waals surface area contributed by atoms with Crippen LogP contribution in [0.2, 0.25) is 0 Å². The van der Waals surface area contributed by atoms with Crippen molar-refractivity contribution in [2.75, 3.05) is 0 Å². The van der Waals surface area contributed by atoms with Gasteiger partial charge < -0.3 is 10.4 Å². The number of carbonyl (C=O) groups is 1. The number of rotatable bonds is 5. The van der Waals surface area contributed by atoms with E-state index in [1.165, 1.54) is 4.88 Å². The summed E-state index contributed by atoms with van der Waals surface area (Å²) in [6.07, 6.45) is 2.80. The van der Waals surface area contributed by atoms with Crippen LogP contribution in [0.25, 0.3) is 0 Å². The Kier molecular flexibility index (Phi) is 3.61. The topological polar surface area (TPSA) is 49.3 Å². The van der Waals surface area contributed by atoms with E-state index in [1.807, 2.05) is 6.07 Å². The molecule has 1 aromatic heterocycles. The SMILES string of the molecule is CCC(NC1CCC1C(=O)O)c1cccs1. The van der Waals surface area contributed by atoms with Crippen molar-refractivity contribution in [3.63, 3.8) is 0 Å². The molecule has 0 amide bonds. The van der Waals surface area contributed by atoms with Crippen LogP contribution < -0.4 is 5.32 Å². The van der Waals surface area contributed by atoms with Gasteiger partial charge >= 0.3 is 5.97 Å². The highest BCUT2D eigenvalue weighted by Crippen LogP contribution is 2.31. The summed E-state index contributed by atoms with van der Waals surface area (Å²) < 4.78 is 0. The van der Waals surface area contributed by atoms with Crippen molar-refractivity contribution in [3.05, 3.63) is 22.4 Å². The minimum absolute atomic E-state index is 0.157. The van der Waals surface area contributed by atoms with E-state index in [9.17, 15) is 4.79 Å². The predicted molar refractivity (Wildman–Crippen MR) is 64.6 cm³/mol. The zero-order valence-electron chi connectivity index (χ0n) is 9.35. The van der Waals surface area contributed by atoms with Crippen LogP contribution >= 0.6 is 11.3 Å². The maximum absolute atomic E-state index is 10.9. The van der Waals surface area contributed by atoms with Gasteiger partial charge in [-0.2, -0.15) is 0 Å². The molecule has 1 aliphatic rings. The third kappa shape index (κ3) is 2.28. The number of nitrogens with one attached hydrogen (secondary N) is 1. The molecule has 0 aliphatic heterocycles. The van der Waals surface area contributed by atoms with E-state index in [-0.39, 0.29) is 12.0 Å². The average molecular weight is 239 g/mol. The van der Waals surface area contributed by atoms with E-state index in [0.29, 0.717) is 6.04 Å². The standard InChI is InChI=1S/C12H17NO2S/c1-2-9(11-4-3-7-16-11)13-10-6-5-8(10)12(14)15/h3-4,7-10,13H,2,5-6H2,1H3,(H,14,15). The first-order valence-corrected chi connectivity index (χ1v) is 6.62. The Labute approximate surface area is 99.5 Å². The lowest BCUT2D eigenvalue weighted by atomic mass is 9.79. The van der Waals surface area contributed by atoms with Gasteiger partial charge in [-0.1, -0.05) is 13.0 Å². The van der Waals surface area contributed by atoms with Gasteiger partial charge in [0, 0.05) is 17.0 Å². The minimum atomic E-state index is -0.662. The number of thiophene rings is 1. The fourth-order valence-corrected chi connectivity index (χ4v) is 3.01. The van der Waals surface area contributed by atoms with Crippen LogP contribution in [0.4, 0.5) is 0 Å². The maximum Gasteiger partial charge on any atom is 0.308 e. The Morgan fingerprint density at radius 1 is 1.69 bits per heavy atom. The second-order valence-electron chi connectivity index (χ2n) is 4.27. The van der Waals surface area contributed by atoms with Gasteiger partial charge in [0.15, 0.2) is 0 Å². The van der Waals surface area contributed by atoms with Crippen molar-refractivity contribution in [2.24, 2.45) is 5.92 Å². The lowest BCUT2D eigenvalue weighted by Gasteiger charge is -2.36. The van der Waals surface area contributed by atoms with E-state index in [2.05, 4.69) is 23.7 Å². The van der Waals surface area contributed by atoms with E-state index in [0.717, 1.165) is 19.3 Å². The Hall–Kier alpha value is -0.870. The third-order valence-corrected chi connectivity index (χ3v) is 4.29. The van der Waals surface area contributed by atoms with Crippen LogP contribution in [0.5, 0.6) is 0 Å². The molecule has 0 radical (unpaired) electrons. The molecule has 1 heterocycles. The Bertz CT molecular complexity index is 350. The number of carboxylic acids is 1. The Morgan fingerprint density at radius 3 is 2.94 bits per heavy atom. The summed E-state index contributed by atoms with van der Waals surface area (Å²) in [5, 5.41) is 14.5. The number of aliphatic carboxylic acids is 1. The molecule has 16 heavy (non-hydrogen) atoms. The second kappa shape index (κ2) is 4.97. The van der Waals surface area contributed by atoms with Crippen LogP contribution in [-0.4, -0.2) is 17.1 Å². The molecule has 3 atom stereocenters. The van der Waals surface area contributed by atoms with Gasteiger partial charge in [-0.3, -0.25) is 4.79 Å². The van der Waals surface area contributed by atoms with Crippen LogP contribution in [0.15, 0.2) is 17.5 Å². The van der Waals surface area contributed by atoms with Crippen molar-refractivity contribution in [3.8, 4) is 0 Å². The van der Waals surface area contributed by atoms with Gasteiger partial charge in [-0.25, -0.2) is 0 Å². The Balaban J connectivity index is 1.95. The molecular formula is C12H17NO2S. The maximum atomic E-state index is 10.9. The molecule has 3 unspecified atom stereocenters. The smallest absolute Gasteiger partial charge is 0.308 e. The minimum Gasteiger partial charge on any atom is -0.481 e. The first-order chi connectivity index (χ1) is 7.72. The van der Waals surface area contributed by atoms with Gasteiger partial charge in [-0.05, 0) is 30.7 Å². The number of hydrogen-bond donors (Lipinski definition) is 2. The molecule has 0 spiro atoms. The van der Waals surface area contributed by atoms with Crippen molar-refractivity contribution in [1.29, 1.82) is 0 Å². The highest BCUT2D eigenvalue weighted by Gasteiger charge is 2.37. The molecule has 1 aliphatic carbocycles. The lowest BCUT2D eigenvalue weighted by molar-refractivity contribution is -0.146. The lowest BCUT2D eigenvalue weighted by Crippen LogP contribution is -2.48. The third-order valence-electron chi connectivity index (χ3n) is 3.30. The van der Waals surface area contributed by atoms with Crippen LogP contribution in [-0.2, 0) is 4.79 Å². The van der Waals surface area contributed by atoms with Crippen LogP contribution in [0.1, 0.15) is 37.1 Å². The quantitative estimate of drug-likeness (QED) is 0.830. The molecule has 2 rings (SSSR count). The molecule has 88 valence electrons. The summed E-state index contributed by atoms with van der Waals surface area (Å²) in [6.45, 7) is 2.13. The molecule has 0 bridgehead atoms. The molecule has 1 aromatic rings. The molecule has 1 fully saturated rings. The second-order valence-corrected chi connectivity index (χ2v) is 5.25. The highest BCUT2D eigenvalue weighted by atomic mass is 32.1. The first-order valence-electron chi connectivity index (χ1n) is 5.74. The van der Waals surface area contributed by atoms with E-state index in [4.69, 9.17) is 5.11 Å². The van der Waals surface area contributed by atoms with E-state index >= 15 is 0 Å². The number of hydrogen-bond acceptors (Lipinski definition) is 3. The summed E-state index contributed by atoms with van der Waals surface area (Å²) in [5.41, 5.74) is 0. The average Bonchev–Trinajstić information content (AvgIpc) is 2.69. The zero-order valence-corrected chi connectivity index (χ0v) is 10.2. The summed E-state index contributed by atoms with van der Waals surface area (Å²) in [5.74, 6) is -0.848. The molecule has 4 heteroatoms. The molecule has 0 saturated heterocycles. The van der Waals surface area contributed by atoms with Gasteiger partial charge in [0.25, 0.3) is 0 Å². The fourth-order valence-electron chi connectivity index (χ4n) is 2.14. The fraction of sp³-hybridized carbons (Fsp3) is 0.583. The number of carboxylic acid groups (broad SMARTS) is 1. The summed E-state index contributed by atoms with van der Waals surface area (Å²) in [4.78, 5) is 12.2. The van der Waals surface area contributed by atoms with E-state index < -0.39 is 5.97 Å². The van der Waals surface area contributed by atoms with Crippen molar-refractivity contribution < 1.29 is 9.90 Å². The molecular weight excluding hydrogens is 222 g/mol. The molecule has 1 saturated carbocycles. The molecule has 2 N–H and O–H groups in total. The predicted octanol–water partition coefficient (Wildman–Crippen LogP) is 2.65. The van der Waals surface area contributed by atoms with Crippen molar-refractivity contribution >= 4 is 17.3 Å². The summed E-state index contributed by atoms with van der Waals surface area (Å²) in [7, 11) is 0. The van der Waals surface area contributed by atoms with E-state index in [1.54, 1.807) is 11.3 Å². The van der Waals surface area contributed by atoms with Crippen LogP contribution in [0, 0.1) is 5.92 Å². The van der Waals surface area contributed by atoms with Gasteiger partial charge in [0.1, 0.15) is 0 Å². The summed E-state index contributed by atoms with van der Waals surface area (Å²) >= 11 is 1.73. The van der Waals surface area contributed by atoms with Gasteiger partial charge in [-0.15, -0.1) is 11.3 Å². The van der Waals surface area contributed by atoms with Crippen LogP contribution in [0.3, 0.4) is 0 Å². The largest absolute Gasteiger partial charge is 0.481 e. The highest BCUT2D eigenvalue weighted by molar-refractivity contribution is 7.10. The monoisotopic (exact) mass is 239 g/mol. The normalized spacial score (nSPS) is 26.1. The van der Waals surface area contributed by atoms with Crippen molar-refractivity contribution in [1.82, 2.24) is 5.32 Å². The zero-order chi connectivity index (χ0) is 11.5. The van der Waals surface area contributed by atoms with Gasteiger partial charge in [0.2, 0.25) is 0 Å². The van der Waals surface area contributed by atoms with Gasteiger partial charge in [0.05, 0.1) is 5.92 Å². The van der Waals surface area contributed by atoms with Crippen molar-refractivity contribution in [2.45, 2.75) is 38.3 Å². The summed E-state index contributed by atoms with van der Waals surface area (Å²) in [6, 6.07) is 4.62. The first kappa shape index (κ1) is 11.6. The Morgan fingerprint density at radius 2 is 2.50 bits per heavy atom.